The molecule has 0 aliphatic rings. The first-order valence-corrected chi connectivity index (χ1v) is 3.08. The number of hydrogen-bond acceptors (Lipinski definition) is 3. The Hall–Kier alpha value is -1.08. The van der Waals surface area contributed by atoms with Gasteiger partial charge in [0.15, 0.2) is 6.19 Å². The molecule has 0 heterocycles. The molecule has 0 aliphatic carbocycles. The molecule has 0 bridgehead atoms. The van der Waals surface area contributed by atoms with E-state index >= 15 is 0 Å². The minimum Gasteiger partial charge on any atom is -0.330 e. The number of nitrogens with two attached hydrogens (primary N) is 1. The standard InChI is InChI=1S/C6H11N3O/c1-5(3-7)2-6(10)9-4-8/h5H,2-3,7H2,1H3,(H,9,10). The average Bonchev–Trinajstić information content (AvgIpc) is 1.88. The highest BCUT2D eigenvalue weighted by molar-refractivity contribution is 5.77. The summed E-state index contributed by atoms with van der Waals surface area (Å²) < 4.78 is 0. The molecule has 4 heteroatoms. The maximum absolute atomic E-state index is 10.6. The number of hydrogen-bond donors (Lipinski definition) is 2. The van der Waals surface area contributed by atoms with Crippen LogP contribution in [-0.4, -0.2) is 12.5 Å². The normalized spacial score (nSPS) is 11.7. The molecule has 0 aromatic rings. The van der Waals surface area contributed by atoms with Gasteiger partial charge in [0.1, 0.15) is 0 Å². The van der Waals surface area contributed by atoms with Crippen molar-refractivity contribution in [1.29, 1.82) is 5.26 Å². The Morgan fingerprint density at radius 2 is 2.50 bits per heavy atom. The molecule has 3 N–H and O–H groups in total. The van der Waals surface area contributed by atoms with E-state index in [1.807, 2.05) is 12.2 Å². The second-order valence-electron chi connectivity index (χ2n) is 2.20. The van der Waals surface area contributed by atoms with Crippen molar-refractivity contribution in [3.63, 3.8) is 0 Å². The predicted molar refractivity (Wildman–Crippen MR) is 36.6 cm³/mol. The maximum Gasteiger partial charge on any atom is 0.233 e. The Bertz CT molecular complexity index is 150. The molecule has 1 atom stereocenters. The van der Waals surface area contributed by atoms with Crippen LogP contribution in [0.2, 0.25) is 0 Å². The van der Waals surface area contributed by atoms with Gasteiger partial charge in [-0.1, -0.05) is 6.92 Å². The summed E-state index contributed by atoms with van der Waals surface area (Å²) in [6, 6.07) is 0. The van der Waals surface area contributed by atoms with Gasteiger partial charge in [-0.25, -0.2) is 0 Å². The number of carbonyl (C=O) groups is 1. The van der Waals surface area contributed by atoms with E-state index < -0.39 is 0 Å². The quantitative estimate of drug-likeness (QED) is 0.413. The van der Waals surface area contributed by atoms with Gasteiger partial charge in [-0.15, -0.1) is 0 Å². The molecular formula is C6H11N3O. The van der Waals surface area contributed by atoms with Gasteiger partial charge in [-0.3, -0.25) is 10.1 Å². The predicted octanol–water partition coefficient (Wildman–Crippen LogP) is -0.431. The fraction of sp³-hybridized carbons (Fsp3) is 0.667. The summed E-state index contributed by atoms with van der Waals surface area (Å²) in [7, 11) is 0. The van der Waals surface area contributed by atoms with Crippen molar-refractivity contribution in [3.8, 4) is 6.19 Å². The Morgan fingerprint density at radius 1 is 1.90 bits per heavy atom. The van der Waals surface area contributed by atoms with Crippen LogP contribution >= 0.6 is 0 Å². The van der Waals surface area contributed by atoms with Crippen molar-refractivity contribution in [1.82, 2.24) is 5.32 Å². The molecule has 0 aromatic carbocycles. The highest BCUT2D eigenvalue weighted by Gasteiger charge is 2.05. The fourth-order valence-electron chi connectivity index (χ4n) is 0.513. The highest BCUT2D eigenvalue weighted by Crippen LogP contribution is 1.96. The molecule has 4 nitrogen and oxygen atoms in total. The van der Waals surface area contributed by atoms with E-state index in [9.17, 15) is 4.79 Å². The van der Waals surface area contributed by atoms with Gasteiger partial charge >= 0.3 is 0 Å². The van der Waals surface area contributed by atoms with Crippen LogP contribution in [-0.2, 0) is 4.79 Å². The van der Waals surface area contributed by atoms with Crippen molar-refractivity contribution < 1.29 is 4.79 Å². The molecule has 0 aliphatic heterocycles. The summed E-state index contributed by atoms with van der Waals surface area (Å²) in [5.74, 6) is -0.117. The van der Waals surface area contributed by atoms with Gasteiger partial charge in [-0.2, -0.15) is 5.26 Å². The fourth-order valence-corrected chi connectivity index (χ4v) is 0.513. The summed E-state index contributed by atoms with van der Waals surface area (Å²) in [5, 5.41) is 10.0. The van der Waals surface area contributed by atoms with E-state index in [2.05, 4.69) is 0 Å². The minimum absolute atomic E-state index is 0.147. The molecule has 10 heavy (non-hydrogen) atoms. The van der Waals surface area contributed by atoms with Gasteiger partial charge < -0.3 is 5.73 Å². The second kappa shape index (κ2) is 4.77. The number of amides is 1. The Labute approximate surface area is 60.0 Å². The lowest BCUT2D eigenvalue weighted by molar-refractivity contribution is -0.120. The maximum atomic E-state index is 10.6. The van der Waals surface area contributed by atoms with Crippen molar-refractivity contribution in [3.05, 3.63) is 0 Å². The first-order chi connectivity index (χ1) is 4.70. The lowest BCUT2D eigenvalue weighted by Crippen LogP contribution is -2.23. The van der Waals surface area contributed by atoms with E-state index in [4.69, 9.17) is 11.0 Å². The smallest absolute Gasteiger partial charge is 0.233 e. The summed E-state index contributed by atoms with van der Waals surface area (Å²) >= 11 is 0. The van der Waals surface area contributed by atoms with Gasteiger partial charge in [0.2, 0.25) is 5.91 Å². The lowest BCUT2D eigenvalue weighted by atomic mass is 10.1. The Morgan fingerprint density at radius 3 is 2.90 bits per heavy atom. The SMILES string of the molecule is CC(CN)CC(=O)NC#N. The average molecular weight is 141 g/mol. The van der Waals surface area contributed by atoms with E-state index in [0.717, 1.165) is 0 Å². The topological polar surface area (TPSA) is 78.9 Å². The van der Waals surface area contributed by atoms with Crippen LogP contribution in [0.5, 0.6) is 0 Å². The van der Waals surface area contributed by atoms with Crippen molar-refractivity contribution in [2.45, 2.75) is 13.3 Å². The number of rotatable bonds is 3. The Kier molecular flexibility index (Phi) is 4.25. The van der Waals surface area contributed by atoms with Crippen LogP contribution in [0.25, 0.3) is 0 Å². The first-order valence-electron chi connectivity index (χ1n) is 3.08. The van der Waals surface area contributed by atoms with E-state index in [1.54, 1.807) is 6.19 Å². The van der Waals surface area contributed by atoms with E-state index in [-0.39, 0.29) is 11.8 Å². The van der Waals surface area contributed by atoms with Crippen LogP contribution in [0.3, 0.4) is 0 Å². The van der Waals surface area contributed by atoms with Gasteiger partial charge in [0, 0.05) is 6.42 Å². The van der Waals surface area contributed by atoms with Crippen molar-refractivity contribution in [2.75, 3.05) is 6.54 Å². The number of nitrogens with one attached hydrogen (secondary N) is 1. The molecule has 1 unspecified atom stereocenters. The zero-order chi connectivity index (χ0) is 7.98. The van der Waals surface area contributed by atoms with E-state index in [1.165, 1.54) is 0 Å². The summed E-state index contributed by atoms with van der Waals surface area (Å²) in [6.45, 7) is 2.33. The van der Waals surface area contributed by atoms with Gasteiger partial charge in [0.25, 0.3) is 0 Å². The minimum atomic E-state index is -0.263. The van der Waals surface area contributed by atoms with Crippen LogP contribution in [0.4, 0.5) is 0 Å². The summed E-state index contributed by atoms with van der Waals surface area (Å²) in [6.07, 6.45) is 1.88. The molecule has 0 fully saturated rings. The lowest BCUT2D eigenvalue weighted by Gasteiger charge is -2.03. The molecule has 0 radical (unpaired) electrons. The van der Waals surface area contributed by atoms with Gasteiger partial charge in [-0.05, 0) is 12.5 Å². The third-order valence-electron chi connectivity index (χ3n) is 1.13. The summed E-state index contributed by atoms with van der Waals surface area (Å²) in [4.78, 5) is 10.6. The molecule has 0 saturated heterocycles. The van der Waals surface area contributed by atoms with Crippen LogP contribution in [0.1, 0.15) is 13.3 Å². The van der Waals surface area contributed by atoms with Crippen LogP contribution in [0, 0.1) is 17.4 Å². The van der Waals surface area contributed by atoms with Crippen LogP contribution in [0.15, 0.2) is 0 Å². The van der Waals surface area contributed by atoms with Gasteiger partial charge in [0.05, 0.1) is 0 Å². The number of nitrogens with zero attached hydrogens (tertiary/aromatic N) is 1. The molecule has 0 saturated carbocycles. The molecular weight excluding hydrogens is 130 g/mol. The number of nitriles is 1. The number of carbonyl (C=O) groups excluding carboxylic acids is 1. The molecule has 0 aromatic heterocycles. The highest BCUT2D eigenvalue weighted by atomic mass is 16.1. The molecule has 0 spiro atoms. The largest absolute Gasteiger partial charge is 0.330 e. The third kappa shape index (κ3) is 3.87. The molecule has 56 valence electrons. The zero-order valence-corrected chi connectivity index (χ0v) is 5.92. The van der Waals surface area contributed by atoms with E-state index in [0.29, 0.717) is 13.0 Å². The molecule has 0 rings (SSSR count). The monoisotopic (exact) mass is 141 g/mol. The van der Waals surface area contributed by atoms with Crippen LogP contribution < -0.4 is 11.1 Å². The van der Waals surface area contributed by atoms with Crippen molar-refractivity contribution >= 4 is 5.91 Å². The Balaban J connectivity index is 3.49. The molecule has 1 amide bonds. The zero-order valence-electron chi connectivity index (χ0n) is 5.92. The second-order valence-corrected chi connectivity index (χ2v) is 2.20. The first kappa shape index (κ1) is 8.92. The third-order valence-corrected chi connectivity index (χ3v) is 1.13. The summed E-state index contributed by atoms with van der Waals surface area (Å²) in [5.41, 5.74) is 5.25. The van der Waals surface area contributed by atoms with Crippen molar-refractivity contribution in [2.24, 2.45) is 11.7 Å².